The molecule has 2 aromatic carbocycles. The predicted octanol–water partition coefficient (Wildman–Crippen LogP) is 4.92. The van der Waals surface area contributed by atoms with Gasteiger partial charge in [0.1, 0.15) is 5.52 Å². The number of amides is 1. The highest BCUT2D eigenvalue weighted by Crippen LogP contribution is 2.29. The second kappa shape index (κ2) is 9.29. The third kappa shape index (κ3) is 4.89. The number of oxazole rings is 1. The Hall–Kier alpha value is -2.57. The highest BCUT2D eigenvalue weighted by atomic mass is 32.2. The Balaban J connectivity index is 1.38. The van der Waals surface area contributed by atoms with Crippen LogP contribution in [-0.2, 0) is 4.79 Å². The van der Waals surface area contributed by atoms with Crippen LogP contribution in [0.15, 0.2) is 70.5 Å². The van der Waals surface area contributed by atoms with Gasteiger partial charge in [-0.3, -0.25) is 9.69 Å². The van der Waals surface area contributed by atoms with Crippen LogP contribution in [0.5, 0.6) is 0 Å². The quantitative estimate of drug-likeness (QED) is 0.445. The minimum absolute atomic E-state index is 0.00914. The van der Waals surface area contributed by atoms with E-state index in [0.29, 0.717) is 6.54 Å². The Morgan fingerprint density at radius 3 is 2.97 bits per heavy atom. The number of fused-ring (bicyclic) bond motifs is 1. The van der Waals surface area contributed by atoms with Crippen molar-refractivity contribution >= 4 is 34.5 Å². The zero-order chi connectivity index (χ0) is 20.1. The summed E-state index contributed by atoms with van der Waals surface area (Å²) in [4.78, 5) is 20.6. The fourth-order valence-electron chi connectivity index (χ4n) is 3.70. The second-order valence-corrected chi connectivity index (χ2v) is 8.30. The van der Waals surface area contributed by atoms with Gasteiger partial charge in [0.15, 0.2) is 11.5 Å². The molecule has 1 saturated heterocycles. The molecule has 2 heterocycles. The summed E-state index contributed by atoms with van der Waals surface area (Å²) >= 11 is 1.67. The fourth-order valence-corrected chi connectivity index (χ4v) is 4.45. The van der Waals surface area contributed by atoms with Crippen molar-refractivity contribution in [1.29, 1.82) is 0 Å². The minimum Gasteiger partial charge on any atom is -0.440 e. The summed E-state index contributed by atoms with van der Waals surface area (Å²) in [5.41, 5.74) is 2.58. The number of piperidine rings is 1. The van der Waals surface area contributed by atoms with E-state index < -0.39 is 0 Å². The van der Waals surface area contributed by atoms with Gasteiger partial charge in [-0.25, -0.2) is 4.98 Å². The number of nitrogens with zero attached hydrogens (tertiary/aromatic N) is 2. The number of aromatic nitrogens is 1. The van der Waals surface area contributed by atoms with Gasteiger partial charge in [0, 0.05) is 23.1 Å². The monoisotopic (exact) mass is 407 g/mol. The number of nitrogens with one attached hydrogen (secondary N) is 1. The lowest BCUT2D eigenvalue weighted by atomic mass is 9.98. The van der Waals surface area contributed by atoms with Crippen molar-refractivity contribution in [2.75, 3.05) is 30.7 Å². The number of likely N-dealkylation sites (tertiary alicyclic amines) is 1. The van der Waals surface area contributed by atoms with Crippen LogP contribution in [0.4, 0.5) is 5.69 Å². The van der Waals surface area contributed by atoms with Gasteiger partial charge >= 0.3 is 0 Å². The molecule has 1 aliphatic heterocycles. The molecule has 1 atom stereocenters. The fraction of sp³-hybridized carbons (Fsp3) is 0.304. The lowest BCUT2D eigenvalue weighted by Crippen LogP contribution is -2.39. The van der Waals surface area contributed by atoms with Gasteiger partial charge < -0.3 is 9.73 Å². The minimum atomic E-state index is 0.00914. The smallest absolute Gasteiger partial charge is 0.238 e. The lowest BCUT2D eigenvalue weighted by Gasteiger charge is -2.30. The van der Waals surface area contributed by atoms with Gasteiger partial charge in [0.05, 0.1) is 12.2 Å². The molecule has 0 spiro atoms. The molecule has 1 aliphatic rings. The molecule has 0 bridgehead atoms. The lowest BCUT2D eigenvalue weighted by molar-refractivity contribution is -0.117. The summed E-state index contributed by atoms with van der Waals surface area (Å²) in [5, 5.41) is 3.07. The summed E-state index contributed by atoms with van der Waals surface area (Å²) in [6.45, 7) is 5.83. The average Bonchev–Trinajstić information content (AvgIpc) is 3.18. The maximum absolute atomic E-state index is 12.7. The van der Waals surface area contributed by atoms with E-state index in [0.717, 1.165) is 59.3 Å². The number of hydrogen-bond donors (Lipinski definition) is 1. The largest absolute Gasteiger partial charge is 0.440 e. The van der Waals surface area contributed by atoms with Crippen LogP contribution in [0.1, 0.15) is 24.7 Å². The van der Waals surface area contributed by atoms with Crippen LogP contribution in [0, 0.1) is 0 Å². The number of hydrogen-bond acceptors (Lipinski definition) is 5. The predicted molar refractivity (Wildman–Crippen MR) is 118 cm³/mol. The molecule has 1 aromatic heterocycles. The van der Waals surface area contributed by atoms with E-state index in [-0.39, 0.29) is 11.8 Å². The van der Waals surface area contributed by atoms with E-state index >= 15 is 0 Å². The SMILES string of the molecule is C=CCSc1ccccc1NC(=O)CN1CCCC(c2nc3ccccc3o2)C1. The van der Waals surface area contributed by atoms with E-state index in [1.165, 1.54) is 0 Å². The first-order chi connectivity index (χ1) is 14.2. The molecule has 1 fully saturated rings. The number of anilines is 1. The van der Waals surface area contributed by atoms with Crippen LogP contribution >= 0.6 is 11.8 Å². The van der Waals surface area contributed by atoms with E-state index in [9.17, 15) is 4.79 Å². The first-order valence-electron chi connectivity index (χ1n) is 9.93. The van der Waals surface area contributed by atoms with E-state index in [2.05, 4.69) is 21.8 Å². The third-order valence-corrected chi connectivity index (χ3v) is 6.12. The first-order valence-corrected chi connectivity index (χ1v) is 10.9. The van der Waals surface area contributed by atoms with E-state index in [1.54, 1.807) is 11.8 Å². The molecule has 0 aliphatic carbocycles. The van der Waals surface area contributed by atoms with Crippen LogP contribution in [0.2, 0.25) is 0 Å². The van der Waals surface area contributed by atoms with Crippen molar-refractivity contribution < 1.29 is 9.21 Å². The average molecular weight is 408 g/mol. The molecule has 150 valence electrons. The van der Waals surface area contributed by atoms with Crippen LogP contribution < -0.4 is 5.32 Å². The molecule has 1 amide bonds. The van der Waals surface area contributed by atoms with Crippen molar-refractivity contribution in [3.8, 4) is 0 Å². The van der Waals surface area contributed by atoms with Crippen LogP contribution in [0.3, 0.4) is 0 Å². The molecule has 0 saturated carbocycles. The van der Waals surface area contributed by atoms with E-state index in [4.69, 9.17) is 4.42 Å². The summed E-state index contributed by atoms with van der Waals surface area (Å²) in [6, 6.07) is 15.7. The van der Waals surface area contributed by atoms with E-state index in [1.807, 2.05) is 54.6 Å². The number of benzene rings is 2. The molecule has 3 aromatic rings. The summed E-state index contributed by atoms with van der Waals surface area (Å²) < 4.78 is 5.96. The molecular formula is C23H25N3O2S. The highest BCUT2D eigenvalue weighted by Gasteiger charge is 2.26. The standard InChI is InChI=1S/C23H25N3O2S/c1-2-14-29-21-12-6-4-10-19(21)24-22(27)16-26-13-7-8-17(15-26)23-25-18-9-3-5-11-20(18)28-23/h2-6,9-12,17H,1,7-8,13-16H2,(H,24,27). The zero-order valence-electron chi connectivity index (χ0n) is 16.3. The van der Waals surface area contributed by atoms with Gasteiger partial charge in [-0.1, -0.05) is 30.3 Å². The Kier molecular flexibility index (Phi) is 6.32. The van der Waals surface area contributed by atoms with Gasteiger partial charge in [-0.15, -0.1) is 18.3 Å². The van der Waals surface area contributed by atoms with Crippen molar-refractivity contribution in [3.63, 3.8) is 0 Å². The Morgan fingerprint density at radius 2 is 2.10 bits per heavy atom. The van der Waals surface area contributed by atoms with Crippen LogP contribution in [0.25, 0.3) is 11.1 Å². The number of carbonyl (C=O) groups is 1. The van der Waals surface area contributed by atoms with Gasteiger partial charge in [0.2, 0.25) is 5.91 Å². The Morgan fingerprint density at radius 1 is 1.28 bits per heavy atom. The Labute approximate surface area is 175 Å². The van der Waals surface area contributed by atoms with Crippen molar-refractivity contribution in [3.05, 3.63) is 67.1 Å². The molecule has 29 heavy (non-hydrogen) atoms. The first kappa shape index (κ1) is 19.7. The molecule has 5 nitrogen and oxygen atoms in total. The summed E-state index contributed by atoms with van der Waals surface area (Å²) in [7, 11) is 0. The number of thioether (sulfide) groups is 1. The van der Waals surface area contributed by atoms with Crippen LogP contribution in [-0.4, -0.2) is 41.2 Å². The molecule has 6 heteroatoms. The molecular weight excluding hydrogens is 382 g/mol. The summed E-state index contributed by atoms with van der Waals surface area (Å²) in [6.07, 6.45) is 3.93. The number of carbonyl (C=O) groups excluding carboxylic acids is 1. The van der Waals surface area contributed by atoms with Crippen molar-refractivity contribution in [2.24, 2.45) is 0 Å². The van der Waals surface area contributed by atoms with Crippen molar-refractivity contribution in [1.82, 2.24) is 9.88 Å². The van der Waals surface area contributed by atoms with Gasteiger partial charge in [0.25, 0.3) is 0 Å². The normalized spacial score (nSPS) is 17.3. The zero-order valence-corrected chi connectivity index (χ0v) is 17.2. The molecule has 1 unspecified atom stereocenters. The molecule has 1 N–H and O–H groups in total. The highest BCUT2D eigenvalue weighted by molar-refractivity contribution is 7.99. The van der Waals surface area contributed by atoms with Gasteiger partial charge in [-0.05, 0) is 43.7 Å². The topological polar surface area (TPSA) is 58.4 Å². The summed E-state index contributed by atoms with van der Waals surface area (Å²) in [5.74, 6) is 1.82. The van der Waals surface area contributed by atoms with Crippen molar-refractivity contribution in [2.45, 2.75) is 23.7 Å². The number of para-hydroxylation sites is 3. The number of rotatable bonds is 7. The third-order valence-electron chi connectivity index (χ3n) is 5.05. The maximum atomic E-state index is 12.7. The Bertz CT molecular complexity index is 967. The molecule has 4 rings (SSSR count). The molecule has 0 radical (unpaired) electrons. The van der Waals surface area contributed by atoms with Gasteiger partial charge in [-0.2, -0.15) is 0 Å². The second-order valence-electron chi connectivity index (χ2n) is 7.24. The maximum Gasteiger partial charge on any atom is 0.238 e.